The zero-order valence-corrected chi connectivity index (χ0v) is 12.8. The topological polar surface area (TPSA) is 29.1 Å². The Bertz CT molecular complexity index is 574. The molecule has 1 amide bonds. The van der Waals surface area contributed by atoms with E-state index in [1.54, 1.807) is 0 Å². The molecular weight excluding hydrogens is 302 g/mol. The molecule has 0 aliphatic heterocycles. The van der Waals surface area contributed by atoms with Crippen molar-refractivity contribution < 1.29 is 4.79 Å². The maximum Gasteiger partial charge on any atom is 0.234 e. The Labute approximate surface area is 122 Å². The molecule has 0 aromatic heterocycles. The Kier molecular flexibility index (Phi) is 4.59. The number of hydrogen-bond donors (Lipinski definition) is 1. The molecule has 2 aromatic rings. The number of hydrogen-bond acceptors (Lipinski definition) is 1. The Balaban J connectivity index is 2.12. The molecule has 1 atom stereocenters. The second-order valence-electron chi connectivity index (χ2n) is 5.00. The average molecular weight is 320 g/mol. The third-order valence-corrected chi connectivity index (χ3v) is 4.64. The molecule has 3 heteroatoms. The number of carbonyl (C=O) groups is 1. The lowest BCUT2D eigenvalue weighted by atomic mass is 10.0. The number of halogens is 1. The van der Waals surface area contributed by atoms with Crippen molar-refractivity contribution in [3.63, 3.8) is 0 Å². The number of benzene rings is 2. The van der Waals surface area contributed by atoms with Gasteiger partial charge >= 0.3 is 0 Å². The van der Waals surface area contributed by atoms with Gasteiger partial charge in [0.2, 0.25) is 5.91 Å². The first-order valence-electron chi connectivity index (χ1n) is 6.48. The van der Waals surface area contributed by atoms with Crippen molar-refractivity contribution >= 4 is 32.6 Å². The van der Waals surface area contributed by atoms with Gasteiger partial charge in [-0.3, -0.25) is 4.79 Å². The molecule has 0 aliphatic carbocycles. The summed E-state index contributed by atoms with van der Waals surface area (Å²) in [5.41, 5.74) is 1.15. The van der Waals surface area contributed by atoms with Crippen molar-refractivity contribution in [2.45, 2.75) is 25.2 Å². The predicted octanol–water partition coefficient (Wildman–Crippen LogP) is 3.88. The number of nitrogens with one attached hydrogen (secondary N) is 1. The van der Waals surface area contributed by atoms with Crippen LogP contribution in [-0.2, 0) is 11.3 Å². The molecular formula is C16H18BrNO. The van der Waals surface area contributed by atoms with E-state index in [2.05, 4.69) is 45.5 Å². The largest absolute Gasteiger partial charge is 0.351 e. The zero-order valence-electron chi connectivity index (χ0n) is 11.2. The van der Waals surface area contributed by atoms with Crippen molar-refractivity contribution in [2.24, 2.45) is 5.92 Å². The highest BCUT2D eigenvalue weighted by Gasteiger charge is 2.18. The van der Waals surface area contributed by atoms with Crippen LogP contribution in [0.5, 0.6) is 0 Å². The monoisotopic (exact) mass is 319 g/mol. The van der Waals surface area contributed by atoms with E-state index in [9.17, 15) is 4.79 Å². The van der Waals surface area contributed by atoms with E-state index < -0.39 is 0 Å². The van der Waals surface area contributed by atoms with Gasteiger partial charge in [0, 0.05) is 6.54 Å². The van der Waals surface area contributed by atoms with E-state index in [1.807, 2.05) is 32.0 Å². The predicted molar refractivity (Wildman–Crippen MR) is 83.3 cm³/mol. The summed E-state index contributed by atoms with van der Waals surface area (Å²) >= 11 is 3.42. The highest BCUT2D eigenvalue weighted by molar-refractivity contribution is 9.10. The van der Waals surface area contributed by atoms with Gasteiger partial charge < -0.3 is 5.32 Å². The van der Waals surface area contributed by atoms with E-state index in [1.165, 1.54) is 10.8 Å². The highest BCUT2D eigenvalue weighted by atomic mass is 79.9. The Morgan fingerprint density at radius 2 is 1.84 bits per heavy atom. The van der Waals surface area contributed by atoms with Crippen LogP contribution in [0.3, 0.4) is 0 Å². The first-order chi connectivity index (χ1) is 9.09. The SMILES string of the molecule is CC(C)C(Br)C(=O)NCc1cccc2ccccc12. The lowest BCUT2D eigenvalue weighted by Gasteiger charge is -2.14. The van der Waals surface area contributed by atoms with Crippen LogP contribution in [0, 0.1) is 5.92 Å². The number of rotatable bonds is 4. The van der Waals surface area contributed by atoms with Crippen LogP contribution in [0.2, 0.25) is 0 Å². The fourth-order valence-corrected chi connectivity index (χ4v) is 2.19. The molecule has 0 heterocycles. The van der Waals surface area contributed by atoms with Gasteiger partial charge in [0.15, 0.2) is 0 Å². The van der Waals surface area contributed by atoms with Gasteiger partial charge in [-0.1, -0.05) is 72.2 Å². The summed E-state index contributed by atoms with van der Waals surface area (Å²) in [5, 5.41) is 5.38. The van der Waals surface area contributed by atoms with Crippen LogP contribution in [0.4, 0.5) is 0 Å². The van der Waals surface area contributed by atoms with Crippen molar-refractivity contribution in [3.8, 4) is 0 Å². The zero-order chi connectivity index (χ0) is 13.8. The quantitative estimate of drug-likeness (QED) is 0.851. The van der Waals surface area contributed by atoms with E-state index in [-0.39, 0.29) is 16.7 Å². The van der Waals surface area contributed by atoms with Crippen LogP contribution in [0.15, 0.2) is 42.5 Å². The molecule has 0 saturated carbocycles. The lowest BCUT2D eigenvalue weighted by Crippen LogP contribution is -2.33. The van der Waals surface area contributed by atoms with E-state index in [0.717, 1.165) is 5.56 Å². The molecule has 1 unspecified atom stereocenters. The van der Waals surface area contributed by atoms with Crippen molar-refractivity contribution in [2.75, 3.05) is 0 Å². The summed E-state index contributed by atoms with van der Waals surface area (Å²) in [7, 11) is 0. The Morgan fingerprint density at radius 3 is 2.58 bits per heavy atom. The van der Waals surface area contributed by atoms with Crippen molar-refractivity contribution in [3.05, 3.63) is 48.0 Å². The van der Waals surface area contributed by atoms with Gasteiger partial charge in [0.1, 0.15) is 0 Å². The van der Waals surface area contributed by atoms with Crippen LogP contribution in [0.1, 0.15) is 19.4 Å². The maximum atomic E-state index is 11.9. The summed E-state index contributed by atoms with van der Waals surface area (Å²) in [6.45, 7) is 4.61. The van der Waals surface area contributed by atoms with Gasteiger partial charge in [0.05, 0.1) is 4.83 Å². The molecule has 0 spiro atoms. The normalized spacial score (nSPS) is 12.6. The Morgan fingerprint density at radius 1 is 1.16 bits per heavy atom. The third kappa shape index (κ3) is 3.35. The van der Waals surface area contributed by atoms with E-state index >= 15 is 0 Å². The van der Waals surface area contributed by atoms with Gasteiger partial charge in [-0.05, 0) is 22.3 Å². The summed E-state index contributed by atoms with van der Waals surface area (Å²) in [6, 6.07) is 14.4. The summed E-state index contributed by atoms with van der Waals surface area (Å²) in [6.07, 6.45) is 0. The van der Waals surface area contributed by atoms with Crippen LogP contribution < -0.4 is 5.32 Å². The minimum atomic E-state index is -0.137. The van der Waals surface area contributed by atoms with Gasteiger partial charge in [0.25, 0.3) is 0 Å². The van der Waals surface area contributed by atoms with Crippen molar-refractivity contribution in [1.29, 1.82) is 0 Å². The second-order valence-corrected chi connectivity index (χ2v) is 5.99. The minimum absolute atomic E-state index is 0.0444. The van der Waals surface area contributed by atoms with Gasteiger partial charge in [-0.2, -0.15) is 0 Å². The molecule has 1 N–H and O–H groups in total. The van der Waals surface area contributed by atoms with Crippen LogP contribution in [0.25, 0.3) is 10.8 Å². The minimum Gasteiger partial charge on any atom is -0.351 e. The average Bonchev–Trinajstić information content (AvgIpc) is 2.43. The van der Waals surface area contributed by atoms with Crippen LogP contribution >= 0.6 is 15.9 Å². The van der Waals surface area contributed by atoms with E-state index in [4.69, 9.17) is 0 Å². The molecule has 0 saturated heterocycles. The molecule has 0 bridgehead atoms. The number of carbonyl (C=O) groups excluding carboxylic acids is 1. The molecule has 2 rings (SSSR count). The van der Waals surface area contributed by atoms with Crippen molar-refractivity contribution in [1.82, 2.24) is 5.32 Å². The summed E-state index contributed by atoms with van der Waals surface area (Å²) < 4.78 is 0. The molecule has 19 heavy (non-hydrogen) atoms. The number of alkyl halides is 1. The molecule has 0 aliphatic rings. The molecule has 0 fully saturated rings. The standard InChI is InChI=1S/C16H18BrNO/c1-11(2)15(17)16(19)18-10-13-8-5-7-12-6-3-4-9-14(12)13/h3-9,11,15H,10H2,1-2H3,(H,18,19). The molecule has 0 radical (unpaired) electrons. The molecule has 100 valence electrons. The van der Waals surface area contributed by atoms with Gasteiger partial charge in [-0.15, -0.1) is 0 Å². The first-order valence-corrected chi connectivity index (χ1v) is 7.39. The first kappa shape index (κ1) is 14.1. The van der Waals surface area contributed by atoms with E-state index in [0.29, 0.717) is 6.54 Å². The summed E-state index contributed by atoms with van der Waals surface area (Å²) in [5.74, 6) is 0.329. The molecule has 2 nitrogen and oxygen atoms in total. The number of fused-ring (bicyclic) bond motifs is 1. The lowest BCUT2D eigenvalue weighted by molar-refractivity contribution is -0.121. The fourth-order valence-electron chi connectivity index (χ4n) is 2.03. The fraction of sp³-hybridized carbons (Fsp3) is 0.312. The maximum absolute atomic E-state index is 11.9. The molecule has 2 aromatic carbocycles. The summed E-state index contributed by atoms with van der Waals surface area (Å²) in [4.78, 5) is 11.8. The second kappa shape index (κ2) is 6.20. The highest BCUT2D eigenvalue weighted by Crippen LogP contribution is 2.18. The smallest absolute Gasteiger partial charge is 0.234 e. The number of amides is 1. The van der Waals surface area contributed by atoms with Gasteiger partial charge in [-0.25, -0.2) is 0 Å². The van der Waals surface area contributed by atoms with Crippen LogP contribution in [-0.4, -0.2) is 10.7 Å². The third-order valence-electron chi connectivity index (χ3n) is 3.17. The Hall–Kier alpha value is -1.35.